The van der Waals surface area contributed by atoms with E-state index in [1.807, 2.05) is 6.92 Å². The summed E-state index contributed by atoms with van der Waals surface area (Å²) < 4.78 is 0.790. The van der Waals surface area contributed by atoms with Crippen LogP contribution < -0.4 is 16.4 Å². The van der Waals surface area contributed by atoms with Crippen molar-refractivity contribution in [3.8, 4) is 0 Å². The minimum Gasteiger partial charge on any atom is -0.370 e. The number of amides is 1. The van der Waals surface area contributed by atoms with E-state index in [4.69, 9.17) is 5.73 Å². The highest BCUT2D eigenvalue weighted by Crippen LogP contribution is 2.19. The molecular formula is C10H16BrN5O. The summed E-state index contributed by atoms with van der Waals surface area (Å²) in [7, 11) is 0. The third-order valence-corrected chi connectivity index (χ3v) is 2.55. The number of hydrogen-bond acceptors (Lipinski definition) is 5. The Labute approximate surface area is 109 Å². The molecule has 0 aliphatic carbocycles. The van der Waals surface area contributed by atoms with E-state index in [-0.39, 0.29) is 5.91 Å². The molecule has 0 aliphatic heterocycles. The number of carbonyl (C=O) groups is 1. The fraction of sp³-hybridized carbons (Fsp3) is 0.500. The average Bonchev–Trinajstić information content (AvgIpc) is 2.28. The summed E-state index contributed by atoms with van der Waals surface area (Å²) in [6.07, 6.45) is 2.74. The van der Waals surface area contributed by atoms with Gasteiger partial charge in [0.15, 0.2) is 0 Å². The monoisotopic (exact) mass is 301 g/mol. The normalized spacial score (nSPS) is 10.0. The number of primary amides is 1. The fourth-order valence-corrected chi connectivity index (χ4v) is 1.54. The predicted octanol–water partition coefficient (Wildman–Crippen LogP) is 1.35. The number of aromatic nitrogens is 2. The maximum absolute atomic E-state index is 10.6. The second kappa shape index (κ2) is 7.05. The third-order valence-electron chi connectivity index (χ3n) is 1.97. The number of hydrogen-bond donors (Lipinski definition) is 3. The number of rotatable bonds is 7. The number of halogens is 1. The number of nitrogens with zero attached hydrogens (tertiary/aromatic N) is 2. The summed E-state index contributed by atoms with van der Waals surface area (Å²) in [6.45, 7) is 3.39. The van der Waals surface area contributed by atoms with Gasteiger partial charge in [0.1, 0.15) is 5.82 Å². The van der Waals surface area contributed by atoms with Gasteiger partial charge in [-0.15, -0.1) is 0 Å². The zero-order valence-corrected chi connectivity index (χ0v) is 11.2. The molecule has 0 radical (unpaired) electrons. The molecule has 0 unspecified atom stereocenters. The van der Waals surface area contributed by atoms with Gasteiger partial charge in [0.05, 0.1) is 4.47 Å². The van der Waals surface area contributed by atoms with Crippen LogP contribution in [0.2, 0.25) is 0 Å². The van der Waals surface area contributed by atoms with E-state index in [0.717, 1.165) is 11.0 Å². The van der Waals surface area contributed by atoms with Gasteiger partial charge in [-0.3, -0.25) is 4.79 Å². The largest absolute Gasteiger partial charge is 0.370 e. The minimum atomic E-state index is -0.290. The average molecular weight is 302 g/mol. The molecule has 7 heteroatoms. The molecule has 1 rings (SSSR count). The van der Waals surface area contributed by atoms with E-state index in [2.05, 4.69) is 36.5 Å². The molecule has 0 fully saturated rings. The zero-order chi connectivity index (χ0) is 12.7. The van der Waals surface area contributed by atoms with Gasteiger partial charge in [0, 0.05) is 25.7 Å². The lowest BCUT2D eigenvalue weighted by Crippen LogP contribution is -2.13. The molecule has 0 atom stereocenters. The van der Waals surface area contributed by atoms with Crippen LogP contribution in [-0.2, 0) is 4.79 Å². The van der Waals surface area contributed by atoms with Gasteiger partial charge in [0.25, 0.3) is 0 Å². The summed E-state index contributed by atoms with van der Waals surface area (Å²) in [6, 6.07) is 0. The van der Waals surface area contributed by atoms with Crippen molar-refractivity contribution in [2.45, 2.75) is 19.8 Å². The Hall–Kier alpha value is -1.37. The van der Waals surface area contributed by atoms with E-state index in [0.29, 0.717) is 31.2 Å². The third kappa shape index (κ3) is 4.99. The SMILES string of the molecule is CCNc1ncc(Br)c(NCCCC(N)=O)n1. The molecule has 1 amide bonds. The predicted molar refractivity (Wildman–Crippen MR) is 70.8 cm³/mol. The maximum atomic E-state index is 10.6. The van der Waals surface area contributed by atoms with Crippen LogP contribution in [0.3, 0.4) is 0 Å². The van der Waals surface area contributed by atoms with Gasteiger partial charge in [-0.2, -0.15) is 4.98 Å². The van der Waals surface area contributed by atoms with Crippen molar-refractivity contribution in [1.29, 1.82) is 0 Å². The van der Waals surface area contributed by atoms with E-state index >= 15 is 0 Å². The maximum Gasteiger partial charge on any atom is 0.224 e. The molecule has 0 saturated heterocycles. The van der Waals surface area contributed by atoms with Crippen LogP contribution in [0.5, 0.6) is 0 Å². The Balaban J connectivity index is 2.51. The number of carbonyl (C=O) groups excluding carboxylic acids is 1. The molecule has 17 heavy (non-hydrogen) atoms. The highest BCUT2D eigenvalue weighted by molar-refractivity contribution is 9.10. The van der Waals surface area contributed by atoms with E-state index in [9.17, 15) is 4.79 Å². The van der Waals surface area contributed by atoms with Crippen LogP contribution in [-0.4, -0.2) is 29.0 Å². The van der Waals surface area contributed by atoms with Gasteiger partial charge >= 0.3 is 0 Å². The van der Waals surface area contributed by atoms with Gasteiger partial charge < -0.3 is 16.4 Å². The van der Waals surface area contributed by atoms with Crippen LogP contribution >= 0.6 is 15.9 Å². The van der Waals surface area contributed by atoms with E-state index < -0.39 is 0 Å². The molecule has 0 spiro atoms. The molecular weight excluding hydrogens is 286 g/mol. The number of anilines is 2. The fourth-order valence-electron chi connectivity index (χ4n) is 1.20. The molecule has 0 bridgehead atoms. The highest BCUT2D eigenvalue weighted by Gasteiger charge is 2.04. The van der Waals surface area contributed by atoms with Crippen LogP contribution in [0.4, 0.5) is 11.8 Å². The molecule has 0 saturated carbocycles. The Morgan fingerprint density at radius 1 is 1.53 bits per heavy atom. The van der Waals surface area contributed by atoms with Crippen molar-refractivity contribution >= 4 is 33.6 Å². The first-order chi connectivity index (χ1) is 8.13. The van der Waals surface area contributed by atoms with Crippen LogP contribution in [0.25, 0.3) is 0 Å². The standard InChI is InChI=1S/C10H16BrN5O/c1-2-13-10-15-6-7(11)9(16-10)14-5-3-4-8(12)17/h6H,2-5H2,1H3,(H2,12,17)(H2,13,14,15,16). The van der Waals surface area contributed by atoms with Gasteiger partial charge in [-0.25, -0.2) is 4.98 Å². The first kappa shape index (κ1) is 13.7. The Kier molecular flexibility index (Phi) is 5.68. The number of nitrogens with two attached hydrogens (primary N) is 1. The van der Waals surface area contributed by atoms with Gasteiger partial charge in [-0.05, 0) is 29.3 Å². The number of nitrogens with one attached hydrogen (secondary N) is 2. The lowest BCUT2D eigenvalue weighted by molar-refractivity contribution is -0.118. The first-order valence-corrected chi connectivity index (χ1v) is 6.21. The molecule has 1 aromatic rings. The molecule has 1 heterocycles. The Morgan fingerprint density at radius 3 is 2.94 bits per heavy atom. The quantitative estimate of drug-likeness (QED) is 0.661. The molecule has 1 aromatic heterocycles. The van der Waals surface area contributed by atoms with Crippen molar-refractivity contribution in [2.24, 2.45) is 5.73 Å². The van der Waals surface area contributed by atoms with Crippen LogP contribution in [0, 0.1) is 0 Å². The van der Waals surface area contributed by atoms with Gasteiger partial charge in [0.2, 0.25) is 11.9 Å². The smallest absolute Gasteiger partial charge is 0.224 e. The first-order valence-electron chi connectivity index (χ1n) is 5.42. The lowest BCUT2D eigenvalue weighted by Gasteiger charge is -2.08. The molecule has 4 N–H and O–H groups in total. The molecule has 6 nitrogen and oxygen atoms in total. The molecule has 0 aromatic carbocycles. The summed E-state index contributed by atoms with van der Waals surface area (Å²) in [4.78, 5) is 19.0. The van der Waals surface area contributed by atoms with Crippen LogP contribution in [0.1, 0.15) is 19.8 Å². The summed E-state index contributed by atoms with van der Waals surface area (Å²) in [5, 5.41) is 6.15. The van der Waals surface area contributed by atoms with E-state index in [1.54, 1.807) is 6.20 Å². The summed E-state index contributed by atoms with van der Waals surface area (Å²) >= 11 is 3.36. The van der Waals surface area contributed by atoms with Gasteiger partial charge in [-0.1, -0.05) is 0 Å². The zero-order valence-electron chi connectivity index (χ0n) is 9.66. The second-order valence-corrected chi connectivity index (χ2v) is 4.27. The molecule has 94 valence electrons. The Bertz CT molecular complexity index is 385. The van der Waals surface area contributed by atoms with Crippen molar-refractivity contribution in [1.82, 2.24) is 9.97 Å². The van der Waals surface area contributed by atoms with Crippen molar-refractivity contribution < 1.29 is 4.79 Å². The highest BCUT2D eigenvalue weighted by atomic mass is 79.9. The molecule has 0 aliphatic rings. The van der Waals surface area contributed by atoms with Crippen molar-refractivity contribution in [2.75, 3.05) is 23.7 Å². The van der Waals surface area contributed by atoms with Crippen LogP contribution in [0.15, 0.2) is 10.7 Å². The second-order valence-electron chi connectivity index (χ2n) is 3.42. The topological polar surface area (TPSA) is 92.9 Å². The van der Waals surface area contributed by atoms with Crippen molar-refractivity contribution in [3.05, 3.63) is 10.7 Å². The minimum absolute atomic E-state index is 0.290. The Morgan fingerprint density at radius 2 is 2.29 bits per heavy atom. The van der Waals surface area contributed by atoms with Crippen molar-refractivity contribution in [3.63, 3.8) is 0 Å². The lowest BCUT2D eigenvalue weighted by atomic mass is 10.3. The van der Waals surface area contributed by atoms with E-state index in [1.165, 1.54) is 0 Å². The summed E-state index contributed by atoms with van der Waals surface area (Å²) in [5.41, 5.74) is 5.05. The summed E-state index contributed by atoms with van der Waals surface area (Å²) in [5.74, 6) is 0.996.